The fourth-order valence-corrected chi connectivity index (χ4v) is 1.95. The molecule has 0 saturated heterocycles. The highest BCUT2D eigenvalue weighted by Gasteiger charge is 2.20. The molecule has 3 aromatic rings. The molecule has 100 valence electrons. The fraction of sp³-hybridized carbons (Fsp3) is 0. The Morgan fingerprint density at radius 2 is 1.95 bits per heavy atom. The molecule has 0 aliphatic carbocycles. The van der Waals surface area contributed by atoms with Gasteiger partial charge in [0, 0.05) is 6.20 Å². The first kappa shape index (κ1) is 12.0. The van der Waals surface area contributed by atoms with E-state index in [4.69, 9.17) is 14.6 Å². The van der Waals surface area contributed by atoms with Crippen molar-refractivity contribution in [1.29, 1.82) is 0 Å². The molecule has 0 spiro atoms. The normalized spacial score (nSPS) is 10.8. The van der Waals surface area contributed by atoms with Gasteiger partial charge in [0.25, 0.3) is 0 Å². The van der Waals surface area contributed by atoms with Crippen LogP contribution in [0, 0.1) is 0 Å². The first-order chi connectivity index (χ1) is 9.58. The Hall–Kier alpha value is -3.09. The average molecular weight is 272 g/mol. The number of fused-ring (bicyclic) bond motifs is 1. The topological polar surface area (TPSA) is 105 Å². The van der Waals surface area contributed by atoms with Gasteiger partial charge in [0.2, 0.25) is 0 Å². The highest BCUT2D eigenvalue weighted by molar-refractivity contribution is 5.96. The van der Waals surface area contributed by atoms with Crippen molar-refractivity contribution in [1.82, 2.24) is 9.38 Å². The van der Waals surface area contributed by atoms with Gasteiger partial charge in [0.05, 0.1) is 17.3 Å². The minimum absolute atomic E-state index is 0.0274. The Morgan fingerprint density at radius 3 is 2.55 bits per heavy atom. The van der Waals surface area contributed by atoms with Gasteiger partial charge in [-0.05, 0) is 24.3 Å². The standard InChI is InChI=1S/C13H8N2O5/c16-12(17)7-3-4-8-10(13(18)19)14-11(15(8)6-7)9-2-1-5-20-9/h1-6H,(H,16,17)(H,18,19). The molecule has 0 bridgehead atoms. The number of imidazole rings is 1. The van der Waals surface area contributed by atoms with Crippen LogP contribution in [0.15, 0.2) is 41.1 Å². The molecule has 20 heavy (non-hydrogen) atoms. The van der Waals surface area contributed by atoms with Crippen LogP contribution >= 0.6 is 0 Å². The van der Waals surface area contributed by atoms with Gasteiger partial charge in [-0.25, -0.2) is 14.6 Å². The van der Waals surface area contributed by atoms with Crippen molar-refractivity contribution in [2.75, 3.05) is 0 Å². The molecule has 0 aliphatic rings. The number of carboxylic acid groups (broad SMARTS) is 2. The van der Waals surface area contributed by atoms with Gasteiger partial charge in [0.1, 0.15) is 0 Å². The minimum Gasteiger partial charge on any atom is -0.478 e. The van der Waals surface area contributed by atoms with Crippen LogP contribution < -0.4 is 0 Å². The van der Waals surface area contributed by atoms with E-state index in [2.05, 4.69) is 4.98 Å². The molecule has 0 fully saturated rings. The summed E-state index contributed by atoms with van der Waals surface area (Å²) in [6.07, 6.45) is 2.74. The zero-order chi connectivity index (χ0) is 14.3. The Kier molecular flexibility index (Phi) is 2.53. The van der Waals surface area contributed by atoms with E-state index in [1.165, 1.54) is 29.0 Å². The summed E-state index contributed by atoms with van der Waals surface area (Å²) < 4.78 is 6.59. The van der Waals surface area contributed by atoms with E-state index in [0.717, 1.165) is 0 Å². The van der Waals surface area contributed by atoms with E-state index in [9.17, 15) is 9.59 Å². The fourth-order valence-electron chi connectivity index (χ4n) is 1.95. The second-order valence-electron chi connectivity index (χ2n) is 4.04. The summed E-state index contributed by atoms with van der Waals surface area (Å²) in [7, 11) is 0. The number of carbonyl (C=O) groups is 2. The van der Waals surface area contributed by atoms with Crippen molar-refractivity contribution in [3.8, 4) is 11.6 Å². The molecule has 2 N–H and O–H groups in total. The van der Waals surface area contributed by atoms with Crippen LogP contribution in [0.25, 0.3) is 17.1 Å². The van der Waals surface area contributed by atoms with Crippen LogP contribution in [0.2, 0.25) is 0 Å². The lowest BCUT2D eigenvalue weighted by atomic mass is 10.2. The van der Waals surface area contributed by atoms with E-state index in [-0.39, 0.29) is 17.1 Å². The number of carboxylic acids is 2. The molecule has 3 heterocycles. The summed E-state index contributed by atoms with van der Waals surface area (Å²) in [4.78, 5) is 26.2. The summed E-state index contributed by atoms with van der Waals surface area (Å²) >= 11 is 0. The van der Waals surface area contributed by atoms with Crippen molar-refractivity contribution in [2.45, 2.75) is 0 Å². The lowest BCUT2D eigenvalue weighted by molar-refractivity contribution is 0.0685. The molecule has 7 nitrogen and oxygen atoms in total. The second-order valence-corrected chi connectivity index (χ2v) is 4.04. The molecule has 0 amide bonds. The van der Waals surface area contributed by atoms with Crippen LogP contribution in [0.1, 0.15) is 20.8 Å². The maximum atomic E-state index is 11.2. The Morgan fingerprint density at radius 1 is 1.15 bits per heavy atom. The third-order valence-electron chi connectivity index (χ3n) is 2.83. The molecule has 3 rings (SSSR count). The first-order valence-corrected chi connectivity index (χ1v) is 5.60. The lowest BCUT2D eigenvalue weighted by Gasteiger charge is -2.00. The zero-order valence-corrected chi connectivity index (χ0v) is 9.98. The number of furan rings is 1. The monoisotopic (exact) mass is 272 g/mol. The molecule has 3 aromatic heterocycles. The minimum atomic E-state index is -1.19. The number of aromatic carboxylic acids is 2. The van der Waals surface area contributed by atoms with Crippen molar-refractivity contribution in [3.63, 3.8) is 0 Å². The predicted octanol–water partition coefficient (Wildman–Crippen LogP) is 1.99. The van der Waals surface area contributed by atoms with Gasteiger partial charge < -0.3 is 14.6 Å². The van der Waals surface area contributed by atoms with E-state index >= 15 is 0 Å². The van der Waals surface area contributed by atoms with Gasteiger partial charge in [-0.15, -0.1) is 0 Å². The lowest BCUT2D eigenvalue weighted by Crippen LogP contribution is -2.00. The highest BCUT2D eigenvalue weighted by atomic mass is 16.4. The highest BCUT2D eigenvalue weighted by Crippen LogP contribution is 2.24. The molecule has 0 atom stereocenters. The summed E-state index contributed by atoms with van der Waals surface area (Å²) in [6, 6.07) is 6.00. The molecule has 0 saturated carbocycles. The van der Waals surface area contributed by atoms with Gasteiger partial charge in [-0.2, -0.15) is 0 Å². The van der Waals surface area contributed by atoms with E-state index < -0.39 is 11.9 Å². The third-order valence-corrected chi connectivity index (χ3v) is 2.83. The molecular formula is C13H8N2O5. The van der Waals surface area contributed by atoms with Gasteiger partial charge >= 0.3 is 11.9 Å². The van der Waals surface area contributed by atoms with Crippen LogP contribution in [-0.2, 0) is 0 Å². The summed E-state index contributed by atoms with van der Waals surface area (Å²) in [5, 5.41) is 18.2. The number of hydrogen-bond acceptors (Lipinski definition) is 4. The van der Waals surface area contributed by atoms with Crippen LogP contribution in [-0.4, -0.2) is 31.5 Å². The maximum absolute atomic E-state index is 11.2. The maximum Gasteiger partial charge on any atom is 0.356 e. The molecule has 0 aromatic carbocycles. The van der Waals surface area contributed by atoms with Crippen LogP contribution in [0.5, 0.6) is 0 Å². The number of rotatable bonds is 3. The summed E-state index contributed by atoms with van der Waals surface area (Å²) in [5.74, 6) is -1.70. The number of nitrogens with zero attached hydrogens (tertiary/aromatic N) is 2. The molecule has 0 unspecified atom stereocenters. The first-order valence-electron chi connectivity index (χ1n) is 5.60. The van der Waals surface area contributed by atoms with Crippen molar-refractivity contribution in [2.24, 2.45) is 0 Å². The molecule has 0 radical (unpaired) electrons. The molecule has 7 heteroatoms. The van der Waals surface area contributed by atoms with Gasteiger partial charge in [0.15, 0.2) is 17.3 Å². The van der Waals surface area contributed by atoms with E-state index in [1.807, 2.05) is 0 Å². The Balaban J connectivity index is 2.35. The van der Waals surface area contributed by atoms with Crippen molar-refractivity contribution in [3.05, 3.63) is 48.0 Å². The summed E-state index contributed by atoms with van der Waals surface area (Å²) in [6.45, 7) is 0. The number of hydrogen-bond donors (Lipinski definition) is 2. The van der Waals surface area contributed by atoms with Crippen molar-refractivity contribution < 1.29 is 24.2 Å². The Bertz CT molecular complexity index is 817. The number of pyridine rings is 1. The van der Waals surface area contributed by atoms with E-state index in [0.29, 0.717) is 11.3 Å². The van der Waals surface area contributed by atoms with Gasteiger partial charge in [-0.1, -0.05) is 0 Å². The average Bonchev–Trinajstić information content (AvgIpc) is 3.04. The smallest absolute Gasteiger partial charge is 0.356 e. The van der Waals surface area contributed by atoms with Crippen LogP contribution in [0.3, 0.4) is 0 Å². The zero-order valence-electron chi connectivity index (χ0n) is 9.98. The van der Waals surface area contributed by atoms with Crippen molar-refractivity contribution >= 4 is 17.5 Å². The SMILES string of the molecule is O=C(O)c1ccc2c(C(=O)O)nc(-c3ccco3)n2c1. The Labute approximate surface area is 111 Å². The van der Waals surface area contributed by atoms with Crippen LogP contribution in [0.4, 0.5) is 0 Å². The largest absolute Gasteiger partial charge is 0.478 e. The summed E-state index contributed by atoms with van der Waals surface area (Å²) in [5.41, 5.74) is 0.168. The molecule has 0 aliphatic heterocycles. The van der Waals surface area contributed by atoms with Gasteiger partial charge in [-0.3, -0.25) is 4.40 Å². The number of aromatic nitrogens is 2. The predicted molar refractivity (Wildman–Crippen MR) is 66.8 cm³/mol. The molecular weight excluding hydrogens is 264 g/mol. The van der Waals surface area contributed by atoms with E-state index in [1.54, 1.807) is 12.1 Å². The second kappa shape index (κ2) is 4.23. The third kappa shape index (κ3) is 1.72. The quantitative estimate of drug-likeness (QED) is 0.755.